The number of benzene rings is 2. The van der Waals surface area contributed by atoms with Gasteiger partial charge in [0.15, 0.2) is 5.54 Å². The molecular formula is C25H25FN2O5. The van der Waals surface area contributed by atoms with Crippen molar-refractivity contribution >= 4 is 29.0 Å². The molecule has 8 heteroatoms. The van der Waals surface area contributed by atoms with E-state index in [-0.39, 0.29) is 17.7 Å². The molecule has 2 aromatic carbocycles. The lowest BCUT2D eigenvalue weighted by molar-refractivity contribution is -0.143. The number of nitrogens with zero attached hydrogens (tertiary/aromatic N) is 2. The number of methoxy groups -OCH3 is 1. The number of Topliss-reactive ketones (excluding diaryl/α,β-unsaturated/α-hetero) is 1. The highest BCUT2D eigenvalue weighted by molar-refractivity contribution is 6.50. The maximum Gasteiger partial charge on any atom is 0.296 e. The van der Waals surface area contributed by atoms with Gasteiger partial charge in [0.05, 0.1) is 11.3 Å². The number of anilines is 1. The number of hydrogen-bond donors (Lipinski definition) is 1. The molecule has 1 atom stereocenters. The predicted octanol–water partition coefficient (Wildman–Crippen LogP) is 3.19. The monoisotopic (exact) mass is 452 g/mol. The van der Waals surface area contributed by atoms with Crippen LogP contribution in [0.1, 0.15) is 30.9 Å². The van der Waals surface area contributed by atoms with Crippen LogP contribution in [0.3, 0.4) is 0 Å². The van der Waals surface area contributed by atoms with Crippen molar-refractivity contribution in [3.8, 4) is 0 Å². The van der Waals surface area contributed by atoms with Crippen LogP contribution in [0.25, 0.3) is 5.76 Å². The molecule has 4 rings (SSSR count). The summed E-state index contributed by atoms with van der Waals surface area (Å²) in [5.74, 6) is -3.31. The molecular weight excluding hydrogens is 427 g/mol. The summed E-state index contributed by atoms with van der Waals surface area (Å²) in [5, 5.41) is 11.2. The lowest BCUT2D eigenvalue weighted by Gasteiger charge is -2.34. The minimum atomic E-state index is -1.80. The van der Waals surface area contributed by atoms with Crippen LogP contribution in [-0.4, -0.2) is 54.4 Å². The Morgan fingerprint density at radius 1 is 1.06 bits per heavy atom. The van der Waals surface area contributed by atoms with E-state index < -0.39 is 34.7 Å². The molecule has 2 amide bonds. The topological polar surface area (TPSA) is 87.2 Å². The van der Waals surface area contributed by atoms with Gasteiger partial charge in [0, 0.05) is 37.9 Å². The third kappa shape index (κ3) is 3.33. The Bertz CT molecular complexity index is 1140. The Morgan fingerprint density at radius 3 is 2.42 bits per heavy atom. The lowest BCUT2D eigenvalue weighted by atomic mass is 9.82. The summed E-state index contributed by atoms with van der Waals surface area (Å²) >= 11 is 0. The molecule has 1 spiro atoms. The first-order chi connectivity index (χ1) is 15.9. The quantitative estimate of drug-likeness (QED) is 0.302. The van der Waals surface area contributed by atoms with Crippen molar-refractivity contribution in [2.75, 3.05) is 31.7 Å². The smallest absolute Gasteiger partial charge is 0.296 e. The Morgan fingerprint density at radius 2 is 1.76 bits per heavy atom. The third-order valence-corrected chi connectivity index (χ3v) is 6.10. The molecule has 2 aliphatic heterocycles. The van der Waals surface area contributed by atoms with Gasteiger partial charge in [-0.2, -0.15) is 0 Å². The Labute approximate surface area is 191 Å². The van der Waals surface area contributed by atoms with Crippen LogP contribution in [0.15, 0.2) is 54.1 Å². The van der Waals surface area contributed by atoms with Gasteiger partial charge < -0.3 is 19.6 Å². The number of likely N-dealkylation sites (tertiary alicyclic amines) is 1. The minimum Gasteiger partial charge on any atom is -0.507 e. The summed E-state index contributed by atoms with van der Waals surface area (Å²) in [5.41, 5.74) is -0.902. The van der Waals surface area contributed by atoms with Gasteiger partial charge in [-0.3, -0.25) is 14.4 Å². The fraction of sp³-hybridized carbons (Fsp3) is 0.320. The van der Waals surface area contributed by atoms with Gasteiger partial charge in [0.1, 0.15) is 11.6 Å². The highest BCUT2D eigenvalue weighted by atomic mass is 19.1. The number of ether oxygens (including phenoxy) is 1. The van der Waals surface area contributed by atoms with E-state index in [9.17, 15) is 23.9 Å². The molecule has 0 aliphatic carbocycles. The molecule has 0 bridgehead atoms. The molecule has 0 saturated carbocycles. The van der Waals surface area contributed by atoms with Crippen molar-refractivity contribution in [2.24, 2.45) is 0 Å². The van der Waals surface area contributed by atoms with E-state index in [4.69, 9.17) is 4.74 Å². The minimum absolute atomic E-state index is 0.0820. The number of carbonyl (C=O) groups excluding carboxylic acids is 3. The van der Waals surface area contributed by atoms with Crippen LogP contribution in [0, 0.1) is 5.82 Å². The predicted molar refractivity (Wildman–Crippen MR) is 120 cm³/mol. The number of aliphatic hydroxyl groups is 1. The maximum atomic E-state index is 14.1. The number of hydrogen-bond acceptors (Lipinski definition) is 5. The molecule has 0 aromatic heterocycles. The molecule has 1 N–H and O–H groups in total. The van der Waals surface area contributed by atoms with E-state index in [1.165, 1.54) is 24.1 Å². The van der Waals surface area contributed by atoms with Crippen LogP contribution in [0.4, 0.5) is 10.1 Å². The molecule has 2 heterocycles. The largest absolute Gasteiger partial charge is 0.507 e. The van der Waals surface area contributed by atoms with Gasteiger partial charge in [-0.25, -0.2) is 4.39 Å². The van der Waals surface area contributed by atoms with E-state index in [2.05, 4.69) is 0 Å². The highest BCUT2D eigenvalue weighted by Gasteiger charge is 2.66. The number of rotatable bonds is 7. The zero-order valence-electron chi connectivity index (χ0n) is 18.5. The highest BCUT2D eigenvalue weighted by Crippen LogP contribution is 2.53. The standard InChI is InChI=1S/C25H25FN2O5/c1-3-13-27-19-8-5-4-7-18(19)25(24(27)32)20(21(29)16-9-11-17(26)12-10-16)22(30)23(31)28(25)14-6-15-33-2/h4-5,7-12,29H,3,6,13-15H2,1-2H3. The van der Waals surface area contributed by atoms with Gasteiger partial charge in [0.2, 0.25) is 0 Å². The van der Waals surface area contributed by atoms with E-state index in [0.29, 0.717) is 37.2 Å². The summed E-state index contributed by atoms with van der Waals surface area (Å²) < 4.78 is 18.6. The number of halogens is 1. The third-order valence-electron chi connectivity index (χ3n) is 6.10. The fourth-order valence-corrected chi connectivity index (χ4v) is 4.73. The molecule has 172 valence electrons. The first-order valence-corrected chi connectivity index (χ1v) is 10.9. The van der Waals surface area contributed by atoms with Crippen LogP contribution in [0.5, 0.6) is 0 Å². The van der Waals surface area contributed by atoms with E-state index in [1.807, 2.05) is 6.92 Å². The number of carbonyl (C=O) groups is 3. The molecule has 2 aromatic rings. The van der Waals surface area contributed by atoms with Crippen LogP contribution in [0.2, 0.25) is 0 Å². The van der Waals surface area contributed by atoms with Gasteiger partial charge >= 0.3 is 0 Å². The molecule has 1 unspecified atom stereocenters. The fourth-order valence-electron chi connectivity index (χ4n) is 4.73. The van der Waals surface area contributed by atoms with Crippen LogP contribution < -0.4 is 4.90 Å². The first kappa shape index (κ1) is 22.7. The van der Waals surface area contributed by atoms with Gasteiger partial charge in [-0.1, -0.05) is 25.1 Å². The number of aliphatic hydroxyl groups excluding tert-OH is 1. The molecule has 0 radical (unpaired) electrons. The Kier molecular flexibility index (Phi) is 6.03. The van der Waals surface area contributed by atoms with Gasteiger partial charge in [0.25, 0.3) is 17.6 Å². The average Bonchev–Trinajstić information content (AvgIpc) is 3.19. The van der Waals surface area contributed by atoms with E-state index >= 15 is 0 Å². The van der Waals surface area contributed by atoms with E-state index in [0.717, 1.165) is 12.1 Å². The summed E-state index contributed by atoms with van der Waals surface area (Å²) in [6.45, 7) is 2.72. The Hall–Kier alpha value is -3.52. The molecule has 1 saturated heterocycles. The molecule has 1 fully saturated rings. The second-order valence-corrected chi connectivity index (χ2v) is 8.05. The molecule has 7 nitrogen and oxygen atoms in total. The number of amides is 2. The second kappa shape index (κ2) is 8.78. The van der Waals surface area contributed by atoms with Gasteiger partial charge in [-0.05, 0) is 43.2 Å². The second-order valence-electron chi connectivity index (χ2n) is 8.05. The normalized spacial score (nSPS) is 21.4. The lowest BCUT2D eigenvalue weighted by Crippen LogP contribution is -2.52. The molecule has 33 heavy (non-hydrogen) atoms. The number of ketones is 1. The van der Waals surface area contributed by atoms with Crippen molar-refractivity contribution in [2.45, 2.75) is 25.3 Å². The summed E-state index contributed by atoms with van der Waals surface area (Å²) in [4.78, 5) is 43.4. The zero-order chi connectivity index (χ0) is 23.8. The number of fused-ring (bicyclic) bond motifs is 2. The summed E-state index contributed by atoms with van der Waals surface area (Å²) in [6.07, 6.45) is 1.05. The first-order valence-electron chi connectivity index (χ1n) is 10.9. The van der Waals surface area contributed by atoms with Crippen LogP contribution in [-0.2, 0) is 24.7 Å². The summed E-state index contributed by atoms with van der Waals surface area (Å²) in [6, 6.07) is 11.9. The molecule has 2 aliphatic rings. The van der Waals surface area contributed by atoms with Crippen molar-refractivity contribution in [1.29, 1.82) is 0 Å². The van der Waals surface area contributed by atoms with Crippen molar-refractivity contribution in [3.05, 3.63) is 71.0 Å². The maximum absolute atomic E-state index is 14.1. The summed E-state index contributed by atoms with van der Waals surface area (Å²) in [7, 11) is 1.53. The average molecular weight is 452 g/mol. The SMILES string of the molecule is CCCN1C(=O)C2(C(=C(O)c3ccc(F)cc3)C(=O)C(=O)N2CCCOC)c2ccccc21. The number of para-hydroxylation sites is 1. The van der Waals surface area contributed by atoms with Crippen molar-refractivity contribution < 1.29 is 28.6 Å². The zero-order valence-corrected chi connectivity index (χ0v) is 18.5. The van der Waals surface area contributed by atoms with E-state index in [1.54, 1.807) is 29.2 Å². The van der Waals surface area contributed by atoms with Crippen LogP contribution >= 0.6 is 0 Å². The van der Waals surface area contributed by atoms with Gasteiger partial charge in [-0.15, -0.1) is 0 Å². The Balaban J connectivity index is 2.01. The van der Waals surface area contributed by atoms with Crippen molar-refractivity contribution in [1.82, 2.24) is 4.90 Å². The van der Waals surface area contributed by atoms with Crippen molar-refractivity contribution in [3.63, 3.8) is 0 Å².